The molecule has 0 unspecified atom stereocenters. The minimum absolute atomic E-state index is 0.380. The first-order valence-electron chi connectivity index (χ1n) is 5.62. The summed E-state index contributed by atoms with van der Waals surface area (Å²) in [5.74, 6) is 0. The summed E-state index contributed by atoms with van der Waals surface area (Å²) in [6.07, 6.45) is 6.37. The zero-order valence-corrected chi connectivity index (χ0v) is 9.92. The van der Waals surface area contributed by atoms with Gasteiger partial charge in [-0.15, -0.1) is 0 Å². The summed E-state index contributed by atoms with van der Waals surface area (Å²) in [5, 5.41) is 1.68. The monoisotopic (exact) mass is 246 g/mol. The van der Waals surface area contributed by atoms with Crippen LogP contribution in [0.4, 0.5) is 0 Å². The number of benzene rings is 1. The van der Waals surface area contributed by atoms with Gasteiger partial charge < -0.3 is 4.98 Å². The van der Waals surface area contributed by atoms with Crippen LogP contribution in [0.5, 0.6) is 0 Å². The van der Waals surface area contributed by atoms with Gasteiger partial charge in [0.25, 0.3) is 0 Å². The van der Waals surface area contributed by atoms with Crippen LogP contribution in [0.15, 0.2) is 29.4 Å². The summed E-state index contributed by atoms with van der Waals surface area (Å²) >= 11 is 6.09. The summed E-state index contributed by atoms with van der Waals surface area (Å²) in [4.78, 5) is 17.8. The molecular weight excluding hydrogens is 236 g/mol. The Kier molecular flexibility index (Phi) is 2.32. The predicted octanol–water partition coefficient (Wildman–Crippen LogP) is 3.54. The Morgan fingerprint density at radius 3 is 2.88 bits per heavy atom. The molecule has 0 radical (unpaired) electrons. The maximum absolute atomic E-state index is 10.6. The van der Waals surface area contributed by atoms with Gasteiger partial charge in [-0.2, -0.15) is 4.99 Å². The average molecular weight is 247 g/mol. The second-order valence-electron chi connectivity index (χ2n) is 4.45. The third-order valence-electron chi connectivity index (χ3n) is 3.61. The predicted molar refractivity (Wildman–Crippen MR) is 67.0 cm³/mol. The third-order valence-corrected chi connectivity index (χ3v) is 3.92. The van der Waals surface area contributed by atoms with Crippen LogP contribution in [0.25, 0.3) is 10.9 Å². The van der Waals surface area contributed by atoms with Crippen LogP contribution in [0, 0.1) is 0 Å². The van der Waals surface area contributed by atoms with Crippen LogP contribution in [-0.4, -0.2) is 11.1 Å². The quantitative estimate of drug-likeness (QED) is 0.639. The van der Waals surface area contributed by atoms with Gasteiger partial charge in [-0.1, -0.05) is 29.8 Å². The van der Waals surface area contributed by atoms with Gasteiger partial charge in [0.15, 0.2) is 0 Å². The highest BCUT2D eigenvalue weighted by Gasteiger charge is 2.40. The second-order valence-corrected chi connectivity index (χ2v) is 4.86. The van der Waals surface area contributed by atoms with Crippen molar-refractivity contribution in [2.75, 3.05) is 0 Å². The van der Waals surface area contributed by atoms with Crippen LogP contribution in [0.2, 0.25) is 5.02 Å². The van der Waals surface area contributed by atoms with Crippen molar-refractivity contribution in [2.24, 2.45) is 4.99 Å². The Bertz CT molecular complexity index is 621. The van der Waals surface area contributed by atoms with Gasteiger partial charge in [-0.05, 0) is 19.3 Å². The first-order chi connectivity index (χ1) is 8.27. The maximum Gasteiger partial charge on any atom is 0.235 e. The summed E-state index contributed by atoms with van der Waals surface area (Å²) in [6.45, 7) is 0. The molecule has 3 nitrogen and oxygen atoms in total. The van der Waals surface area contributed by atoms with Crippen LogP contribution < -0.4 is 0 Å². The first kappa shape index (κ1) is 10.6. The molecule has 17 heavy (non-hydrogen) atoms. The van der Waals surface area contributed by atoms with E-state index in [0.717, 1.165) is 35.7 Å². The standard InChI is InChI=1S/C13H11ClN2O/c14-11-7-15-12-9(11)3-1-4-10(12)13(16-8-17)5-2-6-13/h1,3-4,7,15H,2,5-6H2. The molecule has 1 aromatic carbocycles. The lowest BCUT2D eigenvalue weighted by Gasteiger charge is -2.37. The largest absolute Gasteiger partial charge is 0.359 e. The number of H-pyrrole nitrogens is 1. The molecule has 86 valence electrons. The van der Waals surface area contributed by atoms with Gasteiger partial charge >= 0.3 is 0 Å². The molecule has 1 heterocycles. The number of hydrogen-bond acceptors (Lipinski definition) is 2. The Morgan fingerprint density at radius 1 is 1.41 bits per heavy atom. The van der Waals surface area contributed by atoms with Crippen molar-refractivity contribution >= 4 is 28.6 Å². The lowest BCUT2D eigenvalue weighted by Crippen LogP contribution is -2.32. The SMILES string of the molecule is O=C=NC1(c2cccc3c(Cl)c[nH]c23)CCC1. The highest BCUT2D eigenvalue weighted by atomic mass is 35.5. The molecule has 1 saturated carbocycles. The minimum Gasteiger partial charge on any atom is -0.359 e. The van der Waals surface area contributed by atoms with E-state index >= 15 is 0 Å². The molecule has 0 amide bonds. The molecule has 1 N–H and O–H groups in total. The zero-order chi connectivity index (χ0) is 11.9. The van der Waals surface area contributed by atoms with Gasteiger partial charge in [0.2, 0.25) is 6.08 Å². The van der Waals surface area contributed by atoms with Crippen molar-refractivity contribution in [1.82, 2.24) is 4.98 Å². The smallest absolute Gasteiger partial charge is 0.235 e. The molecule has 1 fully saturated rings. The van der Waals surface area contributed by atoms with E-state index in [4.69, 9.17) is 11.6 Å². The number of halogens is 1. The summed E-state index contributed by atoms with van der Waals surface area (Å²) in [7, 11) is 0. The average Bonchev–Trinajstić information content (AvgIpc) is 2.66. The molecule has 0 bridgehead atoms. The molecule has 3 rings (SSSR count). The van der Waals surface area contributed by atoms with Crippen molar-refractivity contribution in [3.05, 3.63) is 35.0 Å². The van der Waals surface area contributed by atoms with Gasteiger partial charge in [-0.25, -0.2) is 4.79 Å². The molecule has 1 aliphatic rings. The van der Waals surface area contributed by atoms with E-state index < -0.39 is 0 Å². The van der Waals surface area contributed by atoms with E-state index in [-0.39, 0.29) is 5.54 Å². The number of para-hydroxylation sites is 1. The van der Waals surface area contributed by atoms with E-state index in [0.29, 0.717) is 5.02 Å². The molecule has 0 aliphatic heterocycles. The van der Waals surface area contributed by atoms with E-state index in [9.17, 15) is 4.79 Å². The zero-order valence-electron chi connectivity index (χ0n) is 9.16. The van der Waals surface area contributed by atoms with Gasteiger partial charge in [0.1, 0.15) is 5.54 Å². The lowest BCUT2D eigenvalue weighted by atomic mass is 9.72. The maximum atomic E-state index is 10.6. The molecular formula is C13H11ClN2O. The minimum atomic E-state index is -0.380. The topological polar surface area (TPSA) is 45.2 Å². The van der Waals surface area contributed by atoms with Crippen molar-refractivity contribution < 1.29 is 4.79 Å². The van der Waals surface area contributed by atoms with E-state index in [2.05, 4.69) is 9.98 Å². The summed E-state index contributed by atoms with van der Waals surface area (Å²) in [6, 6.07) is 5.93. The number of hydrogen-bond donors (Lipinski definition) is 1. The lowest BCUT2D eigenvalue weighted by molar-refractivity contribution is 0.258. The van der Waals surface area contributed by atoms with Gasteiger partial charge in [0.05, 0.1) is 10.5 Å². The molecule has 0 atom stereocenters. The van der Waals surface area contributed by atoms with Crippen molar-refractivity contribution in [1.29, 1.82) is 0 Å². The summed E-state index contributed by atoms with van der Waals surface area (Å²) in [5.41, 5.74) is 1.66. The molecule has 4 heteroatoms. The number of isocyanates is 1. The van der Waals surface area contributed by atoms with Crippen LogP contribution in [-0.2, 0) is 10.3 Å². The molecule has 0 spiro atoms. The van der Waals surface area contributed by atoms with E-state index in [1.54, 1.807) is 12.3 Å². The van der Waals surface area contributed by atoms with Gasteiger partial charge in [0, 0.05) is 17.1 Å². The number of fused-ring (bicyclic) bond motifs is 1. The highest BCUT2D eigenvalue weighted by Crippen LogP contribution is 2.47. The Balaban J connectivity index is 2.26. The number of aromatic nitrogens is 1. The third kappa shape index (κ3) is 1.43. The molecule has 1 aliphatic carbocycles. The van der Waals surface area contributed by atoms with Crippen molar-refractivity contribution in [3.63, 3.8) is 0 Å². The van der Waals surface area contributed by atoms with Crippen molar-refractivity contribution in [3.8, 4) is 0 Å². The molecule has 1 aromatic heterocycles. The number of nitrogens with zero attached hydrogens (tertiary/aromatic N) is 1. The van der Waals surface area contributed by atoms with Crippen LogP contribution >= 0.6 is 11.6 Å². The second kappa shape index (κ2) is 3.73. The number of nitrogens with one attached hydrogen (secondary N) is 1. The molecule has 0 saturated heterocycles. The molecule has 2 aromatic rings. The first-order valence-corrected chi connectivity index (χ1v) is 6.00. The Labute approximate surface area is 104 Å². The Morgan fingerprint density at radius 2 is 2.24 bits per heavy atom. The fourth-order valence-electron chi connectivity index (χ4n) is 2.55. The summed E-state index contributed by atoms with van der Waals surface area (Å²) < 4.78 is 0. The van der Waals surface area contributed by atoms with Crippen molar-refractivity contribution in [2.45, 2.75) is 24.8 Å². The number of aliphatic imine (C=N–C) groups is 1. The number of carbonyl (C=O) groups excluding carboxylic acids is 1. The van der Waals surface area contributed by atoms with Crippen LogP contribution in [0.3, 0.4) is 0 Å². The highest BCUT2D eigenvalue weighted by molar-refractivity contribution is 6.35. The van der Waals surface area contributed by atoms with E-state index in [1.165, 1.54) is 0 Å². The number of aromatic amines is 1. The van der Waals surface area contributed by atoms with Gasteiger partial charge in [-0.3, -0.25) is 0 Å². The van der Waals surface area contributed by atoms with E-state index in [1.807, 2.05) is 18.2 Å². The Hall–Kier alpha value is -1.57. The van der Waals surface area contributed by atoms with Crippen LogP contribution in [0.1, 0.15) is 24.8 Å². The normalized spacial score (nSPS) is 17.5. The fourth-order valence-corrected chi connectivity index (χ4v) is 2.76. The number of rotatable bonds is 2. The fraction of sp³-hybridized carbons (Fsp3) is 0.308.